The summed E-state index contributed by atoms with van der Waals surface area (Å²) >= 11 is 0. The smallest absolute Gasteiger partial charge is 0.0877 e. The summed E-state index contributed by atoms with van der Waals surface area (Å²) in [6.07, 6.45) is 0.805. The van der Waals surface area contributed by atoms with Crippen LogP contribution in [0.5, 0.6) is 0 Å². The number of hydrogen-bond acceptors (Lipinski definition) is 2. The molecule has 0 bridgehead atoms. The maximum absolute atomic E-state index is 10.5. The van der Waals surface area contributed by atoms with E-state index in [0.29, 0.717) is 6.42 Å². The van der Waals surface area contributed by atoms with Crippen LogP contribution in [0.15, 0.2) is 53.6 Å². The molecule has 0 heterocycles. The molecule has 4 heteroatoms. The molecule has 0 amide bonds. The molecule has 0 aromatic heterocycles. The quantitative estimate of drug-likeness (QED) is 0.301. The number of aryl methyl sites for hydroxylation is 1. The highest BCUT2D eigenvalue weighted by Crippen LogP contribution is 2.36. The molecule has 0 radical (unpaired) electrons. The van der Waals surface area contributed by atoms with Crippen LogP contribution >= 0.6 is 0 Å². The first-order chi connectivity index (χ1) is 10.8. The highest BCUT2D eigenvalue weighted by Gasteiger charge is 2.27. The fraction of sp³-hybridized carbons (Fsp3) is 0.222. The van der Waals surface area contributed by atoms with Gasteiger partial charge in [-0.2, -0.15) is 0 Å². The summed E-state index contributed by atoms with van der Waals surface area (Å²) < 4.78 is 0. The number of aliphatic hydroxyl groups is 1. The van der Waals surface area contributed by atoms with Crippen LogP contribution in [0.3, 0.4) is 0 Å². The second-order valence-corrected chi connectivity index (χ2v) is 5.81. The van der Waals surface area contributed by atoms with Crippen molar-refractivity contribution in [2.75, 3.05) is 0 Å². The van der Waals surface area contributed by atoms with E-state index >= 15 is 0 Å². The first kappa shape index (κ1) is 13.1. The lowest BCUT2D eigenvalue weighted by atomic mass is 9.84. The van der Waals surface area contributed by atoms with Crippen molar-refractivity contribution in [3.63, 3.8) is 0 Å². The number of hydrogen-bond donors (Lipinski definition) is 1. The Bertz CT molecular complexity index is 928. The van der Waals surface area contributed by atoms with Gasteiger partial charge in [0.2, 0.25) is 0 Å². The Morgan fingerprint density at radius 1 is 1.05 bits per heavy atom. The number of rotatable bonds is 1. The zero-order valence-electron chi connectivity index (χ0n) is 12.0. The standard InChI is InChI=1S/C18H15N3O/c19-21-20-17-8-7-13-9-15-12(10-16(13)18(17)22)6-5-11-3-1-2-4-14(11)15/h1-6,9-10,17-18,22H,7-8H2. The van der Waals surface area contributed by atoms with Gasteiger partial charge in [0.05, 0.1) is 12.1 Å². The van der Waals surface area contributed by atoms with Gasteiger partial charge in [0, 0.05) is 4.91 Å². The number of azide groups is 1. The van der Waals surface area contributed by atoms with Crippen molar-refractivity contribution in [2.24, 2.45) is 5.11 Å². The molecule has 22 heavy (non-hydrogen) atoms. The minimum absolute atomic E-state index is 0.365. The van der Waals surface area contributed by atoms with Crippen molar-refractivity contribution >= 4 is 21.5 Å². The summed E-state index contributed by atoms with van der Waals surface area (Å²) in [6.45, 7) is 0. The van der Waals surface area contributed by atoms with Crippen LogP contribution in [0.4, 0.5) is 0 Å². The van der Waals surface area contributed by atoms with Gasteiger partial charge in [-0.3, -0.25) is 0 Å². The Balaban J connectivity index is 1.96. The second kappa shape index (κ2) is 5.02. The van der Waals surface area contributed by atoms with Gasteiger partial charge in [0.25, 0.3) is 0 Å². The first-order valence-corrected chi connectivity index (χ1v) is 7.44. The maximum atomic E-state index is 10.5. The fourth-order valence-corrected chi connectivity index (χ4v) is 3.46. The van der Waals surface area contributed by atoms with E-state index in [2.05, 4.69) is 40.4 Å². The molecule has 1 aliphatic carbocycles. The average molecular weight is 289 g/mol. The van der Waals surface area contributed by atoms with E-state index in [1.54, 1.807) is 0 Å². The molecule has 4 nitrogen and oxygen atoms in total. The zero-order valence-corrected chi connectivity index (χ0v) is 12.0. The molecular formula is C18H15N3O. The lowest BCUT2D eigenvalue weighted by Gasteiger charge is -2.27. The van der Waals surface area contributed by atoms with Crippen molar-refractivity contribution in [3.8, 4) is 0 Å². The number of fused-ring (bicyclic) bond motifs is 4. The minimum atomic E-state index is -0.712. The molecule has 0 fully saturated rings. The molecule has 1 aliphatic rings. The van der Waals surface area contributed by atoms with E-state index in [-0.39, 0.29) is 6.04 Å². The summed E-state index contributed by atoms with van der Waals surface area (Å²) in [5.41, 5.74) is 10.7. The summed E-state index contributed by atoms with van der Waals surface area (Å²) in [5, 5.41) is 19.0. The van der Waals surface area contributed by atoms with Gasteiger partial charge >= 0.3 is 0 Å². The molecule has 108 valence electrons. The highest BCUT2D eigenvalue weighted by atomic mass is 16.3. The van der Waals surface area contributed by atoms with Crippen LogP contribution in [0, 0.1) is 0 Å². The molecule has 1 N–H and O–H groups in total. The van der Waals surface area contributed by atoms with Gasteiger partial charge < -0.3 is 5.11 Å². The first-order valence-electron chi connectivity index (χ1n) is 7.44. The van der Waals surface area contributed by atoms with Crippen LogP contribution in [-0.4, -0.2) is 11.1 Å². The molecule has 3 aromatic carbocycles. The SMILES string of the molecule is [N-]=[N+]=NC1CCc2cc3c(ccc4ccccc43)cc2C1O. The Morgan fingerprint density at radius 2 is 1.86 bits per heavy atom. The summed E-state index contributed by atoms with van der Waals surface area (Å²) in [5.74, 6) is 0. The molecule has 2 atom stereocenters. The summed E-state index contributed by atoms with van der Waals surface area (Å²) in [6, 6.07) is 16.4. The predicted octanol–water partition coefficient (Wildman–Crippen LogP) is 4.65. The van der Waals surface area contributed by atoms with Crippen molar-refractivity contribution in [1.29, 1.82) is 0 Å². The predicted molar refractivity (Wildman–Crippen MR) is 87.7 cm³/mol. The van der Waals surface area contributed by atoms with E-state index in [1.807, 2.05) is 18.2 Å². The van der Waals surface area contributed by atoms with Crippen molar-refractivity contribution in [2.45, 2.75) is 25.0 Å². The monoisotopic (exact) mass is 289 g/mol. The summed E-state index contributed by atoms with van der Waals surface area (Å²) in [4.78, 5) is 2.85. The Kier molecular flexibility index (Phi) is 3.00. The Labute approximate surface area is 127 Å². The zero-order chi connectivity index (χ0) is 15.1. The van der Waals surface area contributed by atoms with Gasteiger partial charge in [0.15, 0.2) is 0 Å². The van der Waals surface area contributed by atoms with E-state index in [9.17, 15) is 5.11 Å². The number of nitrogens with zero attached hydrogens (tertiary/aromatic N) is 3. The van der Waals surface area contributed by atoms with Gasteiger partial charge in [0.1, 0.15) is 0 Å². The van der Waals surface area contributed by atoms with Crippen molar-refractivity contribution < 1.29 is 5.11 Å². The van der Waals surface area contributed by atoms with Crippen LogP contribution < -0.4 is 0 Å². The third kappa shape index (κ3) is 1.93. The Morgan fingerprint density at radius 3 is 2.73 bits per heavy atom. The highest BCUT2D eigenvalue weighted by molar-refractivity contribution is 6.07. The summed E-state index contributed by atoms with van der Waals surface area (Å²) in [7, 11) is 0. The van der Waals surface area contributed by atoms with Crippen molar-refractivity contribution in [3.05, 3.63) is 70.1 Å². The fourth-order valence-electron chi connectivity index (χ4n) is 3.46. The third-order valence-electron chi connectivity index (χ3n) is 4.60. The maximum Gasteiger partial charge on any atom is 0.0877 e. The molecule has 0 aliphatic heterocycles. The number of benzene rings is 3. The lowest BCUT2D eigenvalue weighted by molar-refractivity contribution is 0.134. The molecule has 2 unspecified atom stereocenters. The van der Waals surface area contributed by atoms with Crippen LogP contribution in [-0.2, 0) is 6.42 Å². The van der Waals surface area contributed by atoms with E-state index in [4.69, 9.17) is 5.53 Å². The van der Waals surface area contributed by atoms with E-state index < -0.39 is 6.10 Å². The van der Waals surface area contributed by atoms with Gasteiger partial charge in [-0.1, -0.05) is 47.6 Å². The van der Waals surface area contributed by atoms with Crippen LogP contribution in [0.25, 0.3) is 32.0 Å². The van der Waals surface area contributed by atoms with Gasteiger partial charge in [-0.25, -0.2) is 0 Å². The normalized spacial score (nSPS) is 20.6. The molecule has 4 rings (SSSR count). The van der Waals surface area contributed by atoms with E-state index in [0.717, 1.165) is 22.9 Å². The third-order valence-corrected chi connectivity index (χ3v) is 4.60. The Hall–Kier alpha value is -2.55. The van der Waals surface area contributed by atoms with Crippen LogP contribution in [0.1, 0.15) is 23.7 Å². The van der Waals surface area contributed by atoms with Crippen LogP contribution in [0.2, 0.25) is 0 Å². The molecular weight excluding hydrogens is 274 g/mol. The average Bonchev–Trinajstić information content (AvgIpc) is 2.56. The molecule has 0 spiro atoms. The molecule has 0 saturated carbocycles. The van der Waals surface area contributed by atoms with Gasteiger partial charge in [-0.05, 0) is 57.1 Å². The second-order valence-electron chi connectivity index (χ2n) is 5.81. The largest absolute Gasteiger partial charge is 0.388 e. The van der Waals surface area contributed by atoms with Gasteiger partial charge in [-0.15, -0.1) is 0 Å². The molecule has 3 aromatic rings. The van der Waals surface area contributed by atoms with E-state index in [1.165, 1.54) is 16.2 Å². The molecule has 0 saturated heterocycles. The number of aliphatic hydroxyl groups excluding tert-OH is 1. The lowest BCUT2D eigenvalue weighted by Crippen LogP contribution is -2.23. The topological polar surface area (TPSA) is 69.0 Å². The van der Waals surface area contributed by atoms with Crippen molar-refractivity contribution in [1.82, 2.24) is 0 Å². The minimum Gasteiger partial charge on any atom is -0.388 e.